The number of fused-ring (bicyclic) bond motifs is 8. The molecule has 0 saturated carbocycles. The molecular weight excluding hydrogens is 470 g/mol. The Morgan fingerprint density at radius 1 is 0.559 bits per heavy atom. The third-order valence-corrected chi connectivity index (χ3v) is 6.11. The summed E-state index contributed by atoms with van der Waals surface area (Å²) in [6.45, 7) is 6.52. The van der Waals surface area contributed by atoms with Gasteiger partial charge in [-0.1, -0.05) is 17.7 Å². The summed E-state index contributed by atoms with van der Waals surface area (Å²) in [6.07, 6.45) is 8.21. The molecule has 34 heavy (non-hydrogen) atoms. The minimum Gasteiger partial charge on any atom is -0.355 e. The predicted molar refractivity (Wildman–Crippen MR) is 139 cm³/mol. The normalized spacial score (nSPS) is 12.1. The van der Waals surface area contributed by atoms with Gasteiger partial charge in [-0.3, -0.25) is 0 Å². The summed E-state index contributed by atoms with van der Waals surface area (Å²) < 4.78 is 0. The van der Waals surface area contributed by atoms with Crippen LogP contribution in [0.25, 0.3) is 57.5 Å². The van der Waals surface area contributed by atoms with Gasteiger partial charge >= 0.3 is 0 Å². The molecule has 0 fully saturated rings. The molecule has 2 N–H and O–H groups in total. The molecule has 4 nitrogen and oxygen atoms in total. The molecule has 0 aliphatic carbocycles. The molecule has 0 radical (unpaired) electrons. The van der Waals surface area contributed by atoms with Crippen molar-refractivity contribution in [3.8, 4) is 11.1 Å². The number of H-pyrrole nitrogens is 2. The SMILES string of the molecule is Cc1cc(C)c(-c2cc3cc4nc(cc5ccc(cc6nc(cc2[nH]3)C=C6)[nH]5)C=C4)c(C)c1.[Zn]. The molecule has 2 aliphatic heterocycles. The molecule has 6 rings (SSSR count). The van der Waals surface area contributed by atoms with Crippen molar-refractivity contribution < 1.29 is 19.5 Å². The second-order valence-electron chi connectivity index (χ2n) is 8.86. The Bertz CT molecular complexity index is 1630. The van der Waals surface area contributed by atoms with E-state index >= 15 is 0 Å². The van der Waals surface area contributed by atoms with Crippen LogP contribution in [0.4, 0.5) is 0 Å². The van der Waals surface area contributed by atoms with Crippen LogP contribution in [0.5, 0.6) is 0 Å². The fourth-order valence-corrected chi connectivity index (χ4v) is 4.83. The number of aryl methyl sites for hydroxylation is 3. The average Bonchev–Trinajstić information content (AvgIpc) is 3.53. The van der Waals surface area contributed by atoms with Crippen molar-refractivity contribution in [2.75, 3.05) is 0 Å². The number of aromatic nitrogens is 4. The molecule has 8 bridgehead atoms. The maximum Gasteiger partial charge on any atom is 0.0658 e. The molecular formula is C29H24N4Zn. The molecule has 3 aromatic heterocycles. The maximum absolute atomic E-state index is 4.83. The zero-order valence-corrected chi connectivity index (χ0v) is 22.6. The van der Waals surface area contributed by atoms with Crippen LogP contribution in [0.2, 0.25) is 0 Å². The van der Waals surface area contributed by atoms with Gasteiger partial charge in [0, 0.05) is 47.1 Å². The van der Waals surface area contributed by atoms with Crippen LogP contribution in [-0.4, -0.2) is 19.9 Å². The molecule has 0 spiro atoms. The molecule has 0 unspecified atom stereocenters. The van der Waals surface area contributed by atoms with E-state index < -0.39 is 0 Å². The summed E-state index contributed by atoms with van der Waals surface area (Å²) >= 11 is 0. The van der Waals surface area contributed by atoms with E-state index in [1.165, 1.54) is 27.8 Å². The van der Waals surface area contributed by atoms with E-state index in [2.05, 4.69) is 104 Å². The molecule has 0 amide bonds. The maximum atomic E-state index is 4.83. The van der Waals surface area contributed by atoms with Gasteiger partial charge in [-0.2, -0.15) is 0 Å². The van der Waals surface area contributed by atoms with Crippen molar-refractivity contribution in [1.82, 2.24) is 19.9 Å². The van der Waals surface area contributed by atoms with Crippen molar-refractivity contribution in [1.29, 1.82) is 0 Å². The second kappa shape index (κ2) is 8.66. The minimum atomic E-state index is 0. The third kappa shape index (κ3) is 4.20. The van der Waals surface area contributed by atoms with Gasteiger partial charge in [0.15, 0.2) is 0 Å². The summed E-state index contributed by atoms with van der Waals surface area (Å²) in [4.78, 5) is 16.6. The van der Waals surface area contributed by atoms with Gasteiger partial charge in [0.25, 0.3) is 0 Å². The summed E-state index contributed by atoms with van der Waals surface area (Å²) in [5.41, 5.74) is 14.1. The van der Waals surface area contributed by atoms with Gasteiger partial charge in [0.1, 0.15) is 0 Å². The number of rotatable bonds is 1. The Kier molecular flexibility index (Phi) is 5.67. The van der Waals surface area contributed by atoms with E-state index in [0.29, 0.717) is 0 Å². The van der Waals surface area contributed by atoms with Crippen molar-refractivity contribution in [2.24, 2.45) is 0 Å². The van der Waals surface area contributed by atoms with Crippen LogP contribution < -0.4 is 0 Å². The first-order valence-electron chi connectivity index (χ1n) is 11.2. The van der Waals surface area contributed by atoms with Crippen LogP contribution in [0.1, 0.15) is 39.5 Å². The largest absolute Gasteiger partial charge is 0.355 e. The molecule has 5 heterocycles. The summed E-state index contributed by atoms with van der Waals surface area (Å²) in [5, 5.41) is 0. The molecule has 0 atom stereocenters. The van der Waals surface area contributed by atoms with Gasteiger partial charge in [-0.25, -0.2) is 9.97 Å². The van der Waals surface area contributed by atoms with Crippen LogP contribution in [0, 0.1) is 20.8 Å². The van der Waals surface area contributed by atoms with Crippen LogP contribution in [-0.2, 0) is 19.5 Å². The number of nitrogens with one attached hydrogen (secondary N) is 2. The topological polar surface area (TPSA) is 57.4 Å². The van der Waals surface area contributed by atoms with E-state index in [4.69, 9.17) is 9.97 Å². The van der Waals surface area contributed by atoms with Crippen molar-refractivity contribution in [3.05, 3.63) is 94.1 Å². The van der Waals surface area contributed by atoms with Crippen LogP contribution in [0.15, 0.2) is 54.6 Å². The molecule has 162 valence electrons. The van der Waals surface area contributed by atoms with Gasteiger partial charge < -0.3 is 9.97 Å². The van der Waals surface area contributed by atoms with E-state index in [-0.39, 0.29) is 19.5 Å². The van der Waals surface area contributed by atoms with Crippen molar-refractivity contribution >= 4 is 46.4 Å². The number of aromatic amines is 2. The summed E-state index contributed by atoms with van der Waals surface area (Å²) in [7, 11) is 0. The van der Waals surface area contributed by atoms with Crippen LogP contribution in [0.3, 0.4) is 0 Å². The third-order valence-electron chi connectivity index (χ3n) is 6.11. The molecule has 1 aromatic carbocycles. The standard InChI is InChI=1S/C29H24N4.Zn/c1-17-10-18(2)29(19(3)11-17)27-15-26-14-24-7-6-22(31-24)12-20-4-5-21(30-20)13-23-8-9-25(32-23)16-28(27)33-26;/h4-16,30,33H,1-3H3;. The van der Waals surface area contributed by atoms with E-state index in [1.54, 1.807) is 0 Å². The molecule has 5 heteroatoms. The van der Waals surface area contributed by atoms with E-state index in [9.17, 15) is 0 Å². The van der Waals surface area contributed by atoms with Crippen LogP contribution >= 0.6 is 0 Å². The summed E-state index contributed by atoms with van der Waals surface area (Å²) in [6, 6.07) is 19.2. The van der Waals surface area contributed by atoms with Gasteiger partial charge in [0.2, 0.25) is 0 Å². The number of hydrogen-bond donors (Lipinski definition) is 2. The van der Waals surface area contributed by atoms with E-state index in [1.807, 2.05) is 6.08 Å². The molecule has 0 saturated heterocycles. The minimum absolute atomic E-state index is 0. The Morgan fingerprint density at radius 2 is 1.06 bits per heavy atom. The number of hydrogen-bond acceptors (Lipinski definition) is 2. The van der Waals surface area contributed by atoms with E-state index in [0.717, 1.165) is 44.8 Å². The number of nitrogens with zero attached hydrogens (tertiary/aromatic N) is 2. The smallest absolute Gasteiger partial charge is 0.0658 e. The quantitative estimate of drug-likeness (QED) is 0.237. The Morgan fingerprint density at radius 3 is 1.62 bits per heavy atom. The number of benzene rings is 1. The van der Waals surface area contributed by atoms with Gasteiger partial charge in [-0.15, -0.1) is 0 Å². The molecule has 2 aliphatic rings. The Hall–Kier alpha value is -3.56. The first-order valence-corrected chi connectivity index (χ1v) is 11.2. The first-order chi connectivity index (χ1) is 16.0. The Labute approximate surface area is 211 Å². The molecule has 4 aromatic rings. The zero-order chi connectivity index (χ0) is 22.5. The fourth-order valence-electron chi connectivity index (χ4n) is 4.83. The predicted octanol–water partition coefficient (Wildman–Crippen LogP) is 7.25. The van der Waals surface area contributed by atoms with Crippen molar-refractivity contribution in [3.63, 3.8) is 0 Å². The fraction of sp³-hybridized carbons (Fsp3) is 0.103. The Balaban J connectivity index is 0.00000241. The van der Waals surface area contributed by atoms with Gasteiger partial charge in [0.05, 0.1) is 22.8 Å². The average molecular weight is 494 g/mol. The second-order valence-corrected chi connectivity index (χ2v) is 8.86. The van der Waals surface area contributed by atoms with Gasteiger partial charge in [-0.05, 0) is 104 Å². The monoisotopic (exact) mass is 492 g/mol. The van der Waals surface area contributed by atoms with Crippen molar-refractivity contribution in [2.45, 2.75) is 20.8 Å². The summed E-state index contributed by atoms with van der Waals surface area (Å²) in [5.74, 6) is 0. The first kappa shape index (κ1) is 22.2. The zero-order valence-electron chi connectivity index (χ0n) is 19.6.